The van der Waals surface area contributed by atoms with Crippen LogP contribution in [0.1, 0.15) is 15.9 Å². The molecule has 0 aliphatic carbocycles. The molecule has 0 heterocycles. The maximum Gasteiger partial charge on any atom is 0.337 e. The highest BCUT2D eigenvalue weighted by molar-refractivity contribution is 8.00. The number of carboxylic acid groups (broad SMARTS) is 1. The Hall–Kier alpha value is -3.00. The summed E-state index contributed by atoms with van der Waals surface area (Å²) in [7, 11) is 0. The molecule has 0 aliphatic heterocycles. The molecule has 0 saturated heterocycles. The first-order chi connectivity index (χ1) is 15.3. The van der Waals surface area contributed by atoms with Crippen LogP contribution in [0.25, 0.3) is 0 Å². The molecule has 9 heteroatoms. The lowest BCUT2D eigenvalue weighted by Gasteiger charge is -2.08. The second-order valence-corrected chi connectivity index (χ2v) is 8.60. The molecule has 0 unspecified atom stereocenters. The van der Waals surface area contributed by atoms with Gasteiger partial charge in [-0.3, -0.25) is 9.59 Å². The molecule has 2 amide bonds. The summed E-state index contributed by atoms with van der Waals surface area (Å²) in [5, 5.41) is 15.3. The van der Waals surface area contributed by atoms with Gasteiger partial charge in [-0.2, -0.15) is 0 Å². The van der Waals surface area contributed by atoms with Crippen molar-refractivity contribution in [1.82, 2.24) is 0 Å². The Morgan fingerprint density at radius 3 is 2.09 bits per heavy atom. The minimum absolute atomic E-state index is 0.0779. The van der Waals surface area contributed by atoms with E-state index in [9.17, 15) is 14.4 Å². The number of amides is 2. The van der Waals surface area contributed by atoms with Gasteiger partial charge in [-0.25, -0.2) is 4.79 Å². The van der Waals surface area contributed by atoms with Crippen LogP contribution in [0.5, 0.6) is 0 Å². The monoisotopic (exact) mass is 488 g/mol. The van der Waals surface area contributed by atoms with Crippen molar-refractivity contribution in [2.24, 2.45) is 0 Å². The first-order valence-electron chi connectivity index (χ1n) is 9.40. The summed E-state index contributed by atoms with van der Waals surface area (Å²) < 4.78 is 0. The minimum Gasteiger partial charge on any atom is -0.478 e. The molecular formula is C23H18Cl2N2O4S. The maximum atomic E-state index is 12.2. The molecule has 3 rings (SSSR count). The van der Waals surface area contributed by atoms with Crippen LogP contribution in [-0.2, 0) is 16.0 Å². The highest BCUT2D eigenvalue weighted by Crippen LogP contribution is 2.23. The fourth-order valence-electron chi connectivity index (χ4n) is 2.74. The minimum atomic E-state index is -1.17. The fraction of sp³-hybridized carbons (Fsp3) is 0.0870. The Morgan fingerprint density at radius 2 is 1.44 bits per heavy atom. The molecule has 0 aromatic heterocycles. The molecule has 0 spiro atoms. The second-order valence-electron chi connectivity index (χ2n) is 6.71. The van der Waals surface area contributed by atoms with Crippen molar-refractivity contribution in [2.75, 3.05) is 16.4 Å². The molecular weight excluding hydrogens is 471 g/mol. The largest absolute Gasteiger partial charge is 0.478 e. The van der Waals surface area contributed by atoms with Crippen molar-refractivity contribution in [3.8, 4) is 0 Å². The first kappa shape index (κ1) is 23.7. The molecule has 0 aliphatic rings. The van der Waals surface area contributed by atoms with Crippen LogP contribution in [0.15, 0.2) is 71.6 Å². The van der Waals surface area contributed by atoms with Crippen molar-refractivity contribution in [3.63, 3.8) is 0 Å². The van der Waals surface area contributed by atoms with E-state index in [4.69, 9.17) is 28.3 Å². The Labute approximate surface area is 198 Å². The number of carboxylic acids is 1. The number of aromatic carboxylic acids is 1. The Kier molecular flexibility index (Phi) is 8.16. The van der Waals surface area contributed by atoms with E-state index in [2.05, 4.69) is 10.6 Å². The Bertz CT molecular complexity index is 1140. The summed E-state index contributed by atoms with van der Waals surface area (Å²) in [5.74, 6) is -1.46. The zero-order valence-corrected chi connectivity index (χ0v) is 18.9. The number of nitrogens with one attached hydrogen (secondary N) is 2. The van der Waals surface area contributed by atoms with Crippen molar-refractivity contribution in [2.45, 2.75) is 11.3 Å². The van der Waals surface area contributed by atoms with Gasteiger partial charge in [-0.1, -0.05) is 35.3 Å². The van der Waals surface area contributed by atoms with E-state index in [1.807, 2.05) is 0 Å². The lowest BCUT2D eigenvalue weighted by molar-refractivity contribution is -0.115. The topological polar surface area (TPSA) is 95.5 Å². The summed E-state index contributed by atoms with van der Waals surface area (Å²) in [4.78, 5) is 36.3. The smallest absolute Gasteiger partial charge is 0.337 e. The Morgan fingerprint density at radius 1 is 0.812 bits per heavy atom. The van der Waals surface area contributed by atoms with Crippen LogP contribution in [0.4, 0.5) is 11.4 Å². The maximum absolute atomic E-state index is 12.2. The number of thioether (sulfide) groups is 1. The third-order valence-corrected chi connectivity index (χ3v) is 5.86. The number of anilines is 2. The second kappa shape index (κ2) is 11.0. The van der Waals surface area contributed by atoms with Gasteiger partial charge in [0.2, 0.25) is 11.8 Å². The molecule has 6 nitrogen and oxygen atoms in total. The van der Waals surface area contributed by atoms with Crippen molar-refractivity contribution in [1.29, 1.82) is 0 Å². The SMILES string of the molecule is O=C(CSc1ccc(NC(=O)Cc2ccc(Cl)cc2)cc1)Nc1ccc(Cl)c(C(=O)O)c1. The number of carbonyl (C=O) groups excluding carboxylic acids is 2. The van der Waals surface area contributed by atoms with Crippen LogP contribution < -0.4 is 10.6 Å². The Balaban J connectivity index is 1.48. The normalized spacial score (nSPS) is 10.4. The lowest BCUT2D eigenvalue weighted by Crippen LogP contribution is -2.15. The number of rotatable bonds is 8. The van der Waals surface area contributed by atoms with E-state index in [1.165, 1.54) is 23.9 Å². The summed E-state index contributed by atoms with van der Waals surface area (Å²) >= 11 is 13.0. The molecule has 0 fully saturated rings. The van der Waals surface area contributed by atoms with Crippen LogP contribution in [0.2, 0.25) is 10.0 Å². The van der Waals surface area contributed by atoms with Gasteiger partial charge < -0.3 is 15.7 Å². The van der Waals surface area contributed by atoms with E-state index >= 15 is 0 Å². The summed E-state index contributed by atoms with van der Waals surface area (Å²) in [6.45, 7) is 0. The van der Waals surface area contributed by atoms with E-state index < -0.39 is 5.97 Å². The zero-order valence-electron chi connectivity index (χ0n) is 16.6. The van der Waals surface area contributed by atoms with Crippen LogP contribution in [0, 0.1) is 0 Å². The quantitative estimate of drug-likeness (QED) is 0.358. The van der Waals surface area contributed by atoms with E-state index in [0.717, 1.165) is 10.5 Å². The standard InChI is InChI=1S/C23H18Cl2N2O4S/c24-15-3-1-14(2-4-15)11-21(28)26-16-5-8-18(9-6-16)32-13-22(29)27-17-7-10-20(25)19(12-17)23(30)31/h1-10,12H,11,13H2,(H,26,28)(H,27,29)(H,30,31). The van der Waals surface area contributed by atoms with Crippen molar-refractivity contribution < 1.29 is 19.5 Å². The van der Waals surface area contributed by atoms with E-state index in [0.29, 0.717) is 16.4 Å². The van der Waals surface area contributed by atoms with Gasteiger partial charge in [-0.05, 0) is 60.2 Å². The van der Waals surface area contributed by atoms with Crippen molar-refractivity contribution in [3.05, 3.63) is 87.9 Å². The van der Waals surface area contributed by atoms with Gasteiger partial charge in [0.15, 0.2) is 0 Å². The molecule has 0 radical (unpaired) electrons. The van der Waals surface area contributed by atoms with Gasteiger partial charge in [0.05, 0.1) is 22.8 Å². The highest BCUT2D eigenvalue weighted by atomic mass is 35.5. The van der Waals surface area contributed by atoms with Crippen LogP contribution in [0.3, 0.4) is 0 Å². The van der Waals surface area contributed by atoms with Crippen LogP contribution in [-0.4, -0.2) is 28.6 Å². The van der Waals surface area contributed by atoms with Crippen molar-refractivity contribution >= 4 is 64.1 Å². The number of benzene rings is 3. The molecule has 0 saturated carbocycles. The first-order valence-corrected chi connectivity index (χ1v) is 11.1. The van der Waals surface area contributed by atoms with Gasteiger partial charge in [-0.15, -0.1) is 11.8 Å². The third-order valence-electron chi connectivity index (χ3n) is 4.27. The van der Waals surface area contributed by atoms with Crippen LogP contribution >= 0.6 is 35.0 Å². The number of halogens is 2. The lowest BCUT2D eigenvalue weighted by atomic mass is 10.1. The molecule has 0 bridgehead atoms. The van der Waals surface area contributed by atoms with Gasteiger partial charge in [0, 0.05) is 21.3 Å². The summed E-state index contributed by atoms with van der Waals surface area (Å²) in [6, 6.07) is 18.5. The van der Waals surface area contributed by atoms with Gasteiger partial charge >= 0.3 is 5.97 Å². The molecule has 164 valence electrons. The van der Waals surface area contributed by atoms with E-state index in [1.54, 1.807) is 54.6 Å². The highest BCUT2D eigenvalue weighted by Gasteiger charge is 2.11. The average molecular weight is 489 g/mol. The number of carbonyl (C=O) groups is 3. The molecule has 0 atom stereocenters. The zero-order chi connectivity index (χ0) is 23.1. The molecule has 3 N–H and O–H groups in total. The van der Waals surface area contributed by atoms with Gasteiger partial charge in [0.1, 0.15) is 0 Å². The molecule has 3 aromatic carbocycles. The average Bonchev–Trinajstić information content (AvgIpc) is 2.76. The predicted octanol–water partition coefficient (Wildman–Crippen LogP) is 5.60. The molecule has 32 heavy (non-hydrogen) atoms. The predicted molar refractivity (Wildman–Crippen MR) is 128 cm³/mol. The number of hydrogen-bond acceptors (Lipinski definition) is 4. The van der Waals surface area contributed by atoms with E-state index in [-0.39, 0.29) is 34.6 Å². The summed E-state index contributed by atoms with van der Waals surface area (Å²) in [6.07, 6.45) is 0.238. The number of hydrogen-bond donors (Lipinski definition) is 3. The summed E-state index contributed by atoms with van der Waals surface area (Å²) in [5.41, 5.74) is 1.79. The fourth-order valence-corrected chi connectivity index (χ4v) is 3.76. The third kappa shape index (κ3) is 7.02. The molecule has 3 aromatic rings. The van der Waals surface area contributed by atoms with Gasteiger partial charge in [0.25, 0.3) is 0 Å².